The van der Waals surface area contributed by atoms with Crippen LogP contribution in [0.1, 0.15) is 38.2 Å². The number of hydrogen-bond donors (Lipinski definition) is 2. The first-order valence-corrected chi connectivity index (χ1v) is 8.07. The van der Waals surface area contributed by atoms with E-state index in [0.29, 0.717) is 18.4 Å². The van der Waals surface area contributed by atoms with Gasteiger partial charge < -0.3 is 19.9 Å². The van der Waals surface area contributed by atoms with Crippen LogP contribution >= 0.6 is 0 Å². The van der Waals surface area contributed by atoms with E-state index in [2.05, 4.69) is 10.1 Å². The van der Waals surface area contributed by atoms with Gasteiger partial charge in [-0.05, 0) is 25.8 Å². The van der Waals surface area contributed by atoms with Gasteiger partial charge in [0, 0.05) is 18.5 Å². The van der Waals surface area contributed by atoms with Gasteiger partial charge >= 0.3 is 12.6 Å². The van der Waals surface area contributed by atoms with Crippen LogP contribution in [-0.2, 0) is 16.1 Å². The van der Waals surface area contributed by atoms with Crippen LogP contribution in [-0.4, -0.2) is 30.2 Å². The predicted octanol–water partition coefficient (Wildman–Crippen LogP) is 2.95. The van der Waals surface area contributed by atoms with Crippen LogP contribution in [0.15, 0.2) is 18.2 Å². The van der Waals surface area contributed by atoms with Crippen molar-refractivity contribution in [1.29, 1.82) is 0 Å². The molecule has 0 heterocycles. The third kappa shape index (κ3) is 4.58. The number of carbonyl (C=O) groups excluding carboxylic acids is 1. The van der Waals surface area contributed by atoms with Crippen LogP contribution in [0, 0.1) is 5.41 Å². The van der Waals surface area contributed by atoms with Crippen LogP contribution in [0.2, 0.25) is 0 Å². The quantitative estimate of drug-likeness (QED) is 0.710. The van der Waals surface area contributed by atoms with Gasteiger partial charge in [-0.3, -0.25) is 9.59 Å². The molecule has 0 atom stereocenters. The number of para-hydroxylation sites is 1. The van der Waals surface area contributed by atoms with Crippen LogP contribution in [0.3, 0.4) is 0 Å². The fraction of sp³-hybridized carbons (Fsp3) is 0.529. The first-order valence-electron chi connectivity index (χ1n) is 8.07. The minimum atomic E-state index is -3.03. The van der Waals surface area contributed by atoms with Crippen LogP contribution in [0.5, 0.6) is 11.5 Å². The first kappa shape index (κ1) is 19.0. The van der Waals surface area contributed by atoms with Gasteiger partial charge in [-0.15, -0.1) is 0 Å². The molecule has 1 saturated carbocycles. The largest absolute Gasteiger partial charge is 0.490 e. The van der Waals surface area contributed by atoms with Crippen LogP contribution < -0.4 is 14.8 Å². The van der Waals surface area contributed by atoms with Crippen LogP contribution in [0.25, 0.3) is 0 Å². The number of carboxylic acid groups (broad SMARTS) is 1. The molecule has 6 nitrogen and oxygen atoms in total. The summed E-state index contributed by atoms with van der Waals surface area (Å²) in [7, 11) is 0. The van der Waals surface area contributed by atoms with Gasteiger partial charge in [-0.25, -0.2) is 0 Å². The number of halogens is 2. The summed E-state index contributed by atoms with van der Waals surface area (Å²) in [6, 6.07) is 4.65. The summed E-state index contributed by atoms with van der Waals surface area (Å²) in [6.07, 6.45) is 1.59. The lowest BCUT2D eigenvalue weighted by Gasteiger charge is -2.36. The average molecular weight is 357 g/mol. The van der Waals surface area contributed by atoms with Crippen molar-refractivity contribution in [1.82, 2.24) is 5.32 Å². The number of carboxylic acids is 1. The van der Waals surface area contributed by atoms with E-state index in [0.717, 1.165) is 6.42 Å². The Morgan fingerprint density at radius 3 is 2.60 bits per heavy atom. The van der Waals surface area contributed by atoms with Gasteiger partial charge in [-0.1, -0.05) is 18.6 Å². The summed E-state index contributed by atoms with van der Waals surface area (Å²) in [5.74, 6) is -1.38. The molecule has 25 heavy (non-hydrogen) atoms. The molecule has 8 heteroatoms. The highest BCUT2D eigenvalue weighted by Gasteiger charge is 2.45. The number of rotatable bonds is 9. The molecule has 0 spiro atoms. The number of aliphatic carboxylic acids is 1. The minimum Gasteiger partial charge on any atom is -0.490 e. The molecule has 0 unspecified atom stereocenters. The Bertz CT molecular complexity index is 631. The Labute approximate surface area is 144 Å². The number of ether oxygens (including phenoxy) is 2. The number of benzene rings is 1. The topological polar surface area (TPSA) is 84.9 Å². The van der Waals surface area contributed by atoms with Crippen LogP contribution in [0.4, 0.5) is 8.78 Å². The Morgan fingerprint density at radius 1 is 1.36 bits per heavy atom. The lowest BCUT2D eigenvalue weighted by molar-refractivity contribution is -0.157. The van der Waals surface area contributed by atoms with E-state index in [1.54, 1.807) is 13.0 Å². The molecule has 1 fully saturated rings. The molecule has 1 aliphatic carbocycles. The Kier molecular flexibility index (Phi) is 6.17. The Balaban J connectivity index is 2.05. The van der Waals surface area contributed by atoms with Gasteiger partial charge in [0.05, 0.1) is 12.0 Å². The van der Waals surface area contributed by atoms with Crippen molar-refractivity contribution >= 4 is 11.9 Å². The Hall–Kier alpha value is -2.38. The lowest BCUT2D eigenvalue weighted by Crippen LogP contribution is -2.42. The van der Waals surface area contributed by atoms with E-state index in [1.807, 2.05) is 0 Å². The number of alkyl halides is 2. The molecule has 1 aromatic rings. The molecule has 0 aromatic heterocycles. The molecular formula is C17H21F2NO5. The summed E-state index contributed by atoms with van der Waals surface area (Å²) in [5.41, 5.74) is -0.669. The Morgan fingerprint density at radius 2 is 2.08 bits per heavy atom. The van der Waals surface area contributed by atoms with Crippen molar-refractivity contribution in [2.75, 3.05) is 6.61 Å². The summed E-state index contributed by atoms with van der Waals surface area (Å²) in [4.78, 5) is 23.4. The first-order chi connectivity index (χ1) is 11.9. The molecule has 0 saturated heterocycles. The second kappa shape index (κ2) is 8.13. The second-order valence-corrected chi connectivity index (χ2v) is 5.95. The van der Waals surface area contributed by atoms with Crippen molar-refractivity contribution in [3.63, 3.8) is 0 Å². The molecule has 2 rings (SSSR count). The van der Waals surface area contributed by atoms with Gasteiger partial charge in [0.1, 0.15) is 0 Å². The number of hydrogen-bond acceptors (Lipinski definition) is 4. The highest BCUT2D eigenvalue weighted by Crippen LogP contribution is 2.44. The van der Waals surface area contributed by atoms with E-state index < -0.39 is 23.9 Å². The molecular weight excluding hydrogens is 336 g/mol. The highest BCUT2D eigenvalue weighted by molar-refractivity contribution is 5.85. The van der Waals surface area contributed by atoms with Gasteiger partial charge in [0.25, 0.3) is 0 Å². The van der Waals surface area contributed by atoms with E-state index >= 15 is 0 Å². The molecule has 1 aromatic carbocycles. The summed E-state index contributed by atoms with van der Waals surface area (Å²) in [6.45, 7) is -1.10. The van der Waals surface area contributed by atoms with E-state index in [4.69, 9.17) is 4.74 Å². The molecule has 0 bridgehead atoms. The van der Waals surface area contributed by atoms with Crippen molar-refractivity contribution in [2.24, 2.45) is 5.41 Å². The van der Waals surface area contributed by atoms with Gasteiger partial charge in [-0.2, -0.15) is 8.78 Å². The third-order valence-electron chi connectivity index (χ3n) is 4.31. The SMILES string of the molecule is CCOc1cccc(CNC(=O)CC2(C(=O)O)CCC2)c1OC(F)F. The zero-order valence-corrected chi connectivity index (χ0v) is 13.9. The molecule has 0 radical (unpaired) electrons. The third-order valence-corrected chi connectivity index (χ3v) is 4.31. The maximum absolute atomic E-state index is 12.7. The monoisotopic (exact) mass is 357 g/mol. The van der Waals surface area contributed by atoms with E-state index in [1.165, 1.54) is 12.1 Å². The maximum Gasteiger partial charge on any atom is 0.387 e. The fourth-order valence-corrected chi connectivity index (χ4v) is 2.83. The molecule has 1 amide bonds. The highest BCUT2D eigenvalue weighted by atomic mass is 19.3. The average Bonchev–Trinajstić information content (AvgIpc) is 2.50. The summed E-state index contributed by atoms with van der Waals surface area (Å²) in [5, 5.41) is 11.8. The van der Waals surface area contributed by atoms with E-state index in [9.17, 15) is 23.5 Å². The molecule has 138 valence electrons. The molecule has 2 N–H and O–H groups in total. The van der Waals surface area contributed by atoms with Gasteiger partial charge in [0.2, 0.25) is 5.91 Å². The second-order valence-electron chi connectivity index (χ2n) is 5.95. The zero-order valence-electron chi connectivity index (χ0n) is 13.9. The summed E-state index contributed by atoms with van der Waals surface area (Å²) < 4.78 is 35.1. The maximum atomic E-state index is 12.7. The summed E-state index contributed by atoms with van der Waals surface area (Å²) >= 11 is 0. The lowest BCUT2D eigenvalue weighted by atomic mass is 9.66. The fourth-order valence-electron chi connectivity index (χ4n) is 2.83. The standard InChI is InChI=1S/C17H21F2NO5/c1-2-24-12-6-3-5-11(14(12)25-16(18)19)10-20-13(21)9-17(15(22)23)7-4-8-17/h3,5-6,16H,2,4,7-10H2,1H3,(H,20,21)(H,22,23). The molecule has 1 aliphatic rings. The minimum absolute atomic E-state index is 0.0580. The smallest absolute Gasteiger partial charge is 0.387 e. The number of carbonyl (C=O) groups is 2. The van der Waals surface area contributed by atoms with E-state index in [-0.39, 0.29) is 31.1 Å². The van der Waals surface area contributed by atoms with Crippen molar-refractivity contribution in [3.05, 3.63) is 23.8 Å². The molecule has 0 aliphatic heterocycles. The zero-order chi connectivity index (χ0) is 18.4. The normalized spacial score (nSPS) is 15.4. The number of amides is 1. The van der Waals surface area contributed by atoms with Crippen molar-refractivity contribution in [2.45, 2.75) is 45.8 Å². The van der Waals surface area contributed by atoms with Gasteiger partial charge in [0.15, 0.2) is 11.5 Å². The predicted molar refractivity (Wildman–Crippen MR) is 84.6 cm³/mol. The van der Waals surface area contributed by atoms with Crippen molar-refractivity contribution in [3.8, 4) is 11.5 Å². The van der Waals surface area contributed by atoms with Crippen molar-refractivity contribution < 1.29 is 33.0 Å². The number of nitrogens with one attached hydrogen (secondary N) is 1.